The monoisotopic (exact) mass is 476 g/mol. The highest BCUT2D eigenvalue weighted by Gasteiger charge is 2.05. The zero-order chi connectivity index (χ0) is 17.4. The van der Waals surface area contributed by atoms with E-state index in [1.165, 1.54) is 0 Å². The molecule has 0 atom stereocenters. The van der Waals surface area contributed by atoms with Gasteiger partial charge in [-0.1, -0.05) is 11.6 Å². The van der Waals surface area contributed by atoms with Gasteiger partial charge in [-0.2, -0.15) is 5.10 Å². The summed E-state index contributed by atoms with van der Waals surface area (Å²) in [6, 6.07) is 8.71. The molecule has 0 spiro atoms. The van der Waals surface area contributed by atoms with Crippen LogP contribution in [0.3, 0.4) is 0 Å². The largest absolute Gasteiger partial charge is 0.355 e. The molecule has 0 unspecified atom stereocenters. The first-order valence-corrected chi connectivity index (χ1v) is 7.93. The van der Waals surface area contributed by atoms with Crippen LogP contribution in [0.5, 0.6) is 0 Å². The van der Waals surface area contributed by atoms with E-state index < -0.39 is 0 Å². The van der Waals surface area contributed by atoms with E-state index in [1.54, 1.807) is 42.2 Å². The summed E-state index contributed by atoms with van der Waals surface area (Å²) in [4.78, 5) is 16.1. The molecule has 0 aliphatic heterocycles. The van der Waals surface area contributed by atoms with Crippen LogP contribution in [0.1, 0.15) is 16.1 Å². The van der Waals surface area contributed by atoms with Gasteiger partial charge in [0.2, 0.25) is 0 Å². The first-order chi connectivity index (χ1) is 11.6. The maximum atomic E-state index is 12.0. The molecule has 2 rings (SSSR count). The molecule has 1 amide bonds. The van der Waals surface area contributed by atoms with Crippen molar-refractivity contribution in [3.63, 3.8) is 0 Å². The van der Waals surface area contributed by atoms with Gasteiger partial charge in [0.15, 0.2) is 5.96 Å². The molecular weight excluding hydrogens is 455 g/mol. The second-order valence-electron chi connectivity index (χ2n) is 5.06. The molecule has 1 aromatic carbocycles. The van der Waals surface area contributed by atoms with Gasteiger partial charge in [0, 0.05) is 44.0 Å². The smallest absolute Gasteiger partial charge is 0.251 e. The standard InChI is InChI=1S/C16H21ClN6O.HI/c1-18-16(21-11-14-7-8-22-23(14)2)20-10-9-19-15(24)12-3-5-13(17)6-4-12;/h3-8H,9-11H2,1-2H3,(H,19,24)(H2,18,20,21);1H. The van der Waals surface area contributed by atoms with Gasteiger partial charge in [-0.05, 0) is 30.3 Å². The lowest BCUT2D eigenvalue weighted by molar-refractivity contribution is 0.0954. The molecule has 0 radical (unpaired) electrons. The average molecular weight is 477 g/mol. The molecule has 7 nitrogen and oxygen atoms in total. The van der Waals surface area contributed by atoms with E-state index in [1.807, 2.05) is 13.1 Å². The Morgan fingerprint density at radius 2 is 1.84 bits per heavy atom. The maximum absolute atomic E-state index is 12.0. The number of aliphatic imine (C=N–C) groups is 1. The molecule has 0 fully saturated rings. The predicted molar refractivity (Wildman–Crippen MR) is 111 cm³/mol. The van der Waals surface area contributed by atoms with Crippen LogP contribution < -0.4 is 16.0 Å². The highest BCUT2D eigenvalue weighted by Crippen LogP contribution is 2.09. The molecule has 0 bridgehead atoms. The Bertz CT molecular complexity index is 701. The summed E-state index contributed by atoms with van der Waals surface area (Å²) >= 11 is 5.80. The van der Waals surface area contributed by atoms with Gasteiger partial charge in [0.25, 0.3) is 5.91 Å². The van der Waals surface area contributed by atoms with Crippen molar-refractivity contribution in [2.45, 2.75) is 6.54 Å². The number of carbonyl (C=O) groups excluding carboxylic acids is 1. The molecule has 0 saturated heterocycles. The number of nitrogens with one attached hydrogen (secondary N) is 3. The molecule has 3 N–H and O–H groups in total. The predicted octanol–water partition coefficient (Wildman–Crippen LogP) is 1.79. The highest BCUT2D eigenvalue weighted by molar-refractivity contribution is 14.0. The molecule has 9 heteroatoms. The van der Waals surface area contributed by atoms with Crippen molar-refractivity contribution in [1.82, 2.24) is 25.7 Å². The number of aromatic nitrogens is 2. The molecule has 0 aliphatic rings. The number of guanidine groups is 1. The van der Waals surface area contributed by atoms with Gasteiger partial charge in [-0.25, -0.2) is 0 Å². The lowest BCUT2D eigenvalue weighted by Gasteiger charge is -2.12. The van der Waals surface area contributed by atoms with E-state index in [-0.39, 0.29) is 29.9 Å². The quantitative estimate of drug-likeness (QED) is 0.257. The van der Waals surface area contributed by atoms with Gasteiger partial charge in [-0.15, -0.1) is 24.0 Å². The Labute approximate surface area is 169 Å². The van der Waals surface area contributed by atoms with Crippen molar-refractivity contribution in [3.8, 4) is 0 Å². The molecule has 136 valence electrons. The number of aryl methyl sites for hydroxylation is 1. The van der Waals surface area contributed by atoms with Crippen LogP contribution in [0.15, 0.2) is 41.5 Å². The zero-order valence-electron chi connectivity index (χ0n) is 14.1. The Morgan fingerprint density at radius 3 is 2.44 bits per heavy atom. The van der Waals surface area contributed by atoms with E-state index in [0.29, 0.717) is 36.2 Å². The first-order valence-electron chi connectivity index (χ1n) is 7.55. The second-order valence-corrected chi connectivity index (χ2v) is 5.50. The van der Waals surface area contributed by atoms with Crippen molar-refractivity contribution in [2.75, 3.05) is 20.1 Å². The van der Waals surface area contributed by atoms with E-state index in [4.69, 9.17) is 11.6 Å². The number of amides is 1. The van der Waals surface area contributed by atoms with Crippen LogP contribution in [0.2, 0.25) is 5.02 Å². The van der Waals surface area contributed by atoms with Crippen LogP contribution in [-0.4, -0.2) is 41.8 Å². The highest BCUT2D eigenvalue weighted by atomic mass is 127. The number of hydrogen-bond acceptors (Lipinski definition) is 3. The van der Waals surface area contributed by atoms with Gasteiger partial charge in [-0.3, -0.25) is 14.5 Å². The topological polar surface area (TPSA) is 83.3 Å². The van der Waals surface area contributed by atoms with Crippen molar-refractivity contribution in [1.29, 1.82) is 0 Å². The number of rotatable bonds is 6. The number of nitrogens with zero attached hydrogens (tertiary/aromatic N) is 3. The molecular formula is C16H22ClIN6O. The van der Waals surface area contributed by atoms with Gasteiger partial charge >= 0.3 is 0 Å². The van der Waals surface area contributed by atoms with Gasteiger partial charge in [0.05, 0.1) is 12.2 Å². The van der Waals surface area contributed by atoms with E-state index in [9.17, 15) is 4.79 Å². The SMILES string of the molecule is CN=C(NCCNC(=O)c1ccc(Cl)cc1)NCc1ccnn1C.I. The first kappa shape index (κ1) is 21.2. The van der Waals surface area contributed by atoms with Crippen LogP contribution in [0.4, 0.5) is 0 Å². The fourth-order valence-corrected chi connectivity index (χ4v) is 2.16. The Kier molecular flexibility index (Phi) is 9.28. The van der Waals surface area contributed by atoms with E-state index >= 15 is 0 Å². The third-order valence-corrected chi connectivity index (χ3v) is 3.64. The summed E-state index contributed by atoms with van der Waals surface area (Å²) in [5.74, 6) is 0.531. The second kappa shape index (κ2) is 10.9. The van der Waals surface area contributed by atoms with E-state index in [0.717, 1.165) is 5.69 Å². The minimum atomic E-state index is -0.133. The number of hydrogen-bond donors (Lipinski definition) is 3. The minimum Gasteiger partial charge on any atom is -0.355 e. The number of benzene rings is 1. The fraction of sp³-hybridized carbons (Fsp3) is 0.312. The number of carbonyl (C=O) groups is 1. The summed E-state index contributed by atoms with van der Waals surface area (Å²) in [6.07, 6.45) is 1.75. The summed E-state index contributed by atoms with van der Waals surface area (Å²) < 4.78 is 1.80. The summed E-state index contributed by atoms with van der Waals surface area (Å²) in [6.45, 7) is 1.66. The van der Waals surface area contributed by atoms with Crippen molar-refractivity contribution in [3.05, 3.63) is 52.8 Å². The molecule has 0 saturated carbocycles. The van der Waals surface area contributed by atoms with Gasteiger partial charge < -0.3 is 16.0 Å². The molecule has 1 aromatic heterocycles. The Hall–Kier alpha value is -1.81. The lowest BCUT2D eigenvalue weighted by atomic mass is 10.2. The Balaban J connectivity index is 0.00000312. The summed E-state index contributed by atoms with van der Waals surface area (Å²) in [7, 11) is 3.59. The van der Waals surface area contributed by atoms with Crippen molar-refractivity contribution < 1.29 is 4.79 Å². The van der Waals surface area contributed by atoms with Crippen molar-refractivity contribution >= 4 is 47.4 Å². The fourth-order valence-electron chi connectivity index (χ4n) is 2.03. The van der Waals surface area contributed by atoms with Gasteiger partial charge in [0.1, 0.15) is 0 Å². The molecule has 25 heavy (non-hydrogen) atoms. The normalized spacial score (nSPS) is 10.8. The lowest BCUT2D eigenvalue weighted by Crippen LogP contribution is -2.41. The molecule has 1 heterocycles. The number of halogens is 2. The zero-order valence-corrected chi connectivity index (χ0v) is 17.2. The molecule has 0 aliphatic carbocycles. The summed E-state index contributed by atoms with van der Waals surface area (Å²) in [5, 5.41) is 13.9. The third kappa shape index (κ3) is 6.91. The summed E-state index contributed by atoms with van der Waals surface area (Å²) in [5.41, 5.74) is 1.63. The van der Waals surface area contributed by atoms with Crippen LogP contribution in [0, 0.1) is 0 Å². The third-order valence-electron chi connectivity index (χ3n) is 3.39. The van der Waals surface area contributed by atoms with Crippen LogP contribution in [-0.2, 0) is 13.6 Å². The van der Waals surface area contributed by atoms with Crippen LogP contribution in [0.25, 0.3) is 0 Å². The maximum Gasteiger partial charge on any atom is 0.251 e. The van der Waals surface area contributed by atoms with Crippen LogP contribution >= 0.6 is 35.6 Å². The Morgan fingerprint density at radius 1 is 1.16 bits per heavy atom. The molecule has 2 aromatic rings. The minimum absolute atomic E-state index is 0. The average Bonchev–Trinajstić information content (AvgIpc) is 2.99. The van der Waals surface area contributed by atoms with E-state index in [2.05, 4.69) is 26.0 Å². The van der Waals surface area contributed by atoms with Crippen molar-refractivity contribution in [2.24, 2.45) is 12.0 Å².